The molecule has 1 aromatic rings. The highest BCUT2D eigenvalue weighted by molar-refractivity contribution is 9.10. The minimum Gasteiger partial charge on any atom is -0.362 e. The lowest BCUT2D eigenvalue weighted by atomic mass is 10.0. The average Bonchev–Trinajstić information content (AvgIpc) is 2.42. The average molecular weight is 357 g/mol. The summed E-state index contributed by atoms with van der Waals surface area (Å²) in [5.74, 6) is 1.05. The number of carbonyl (C=O) groups excluding carboxylic acids is 1. The van der Waals surface area contributed by atoms with Crippen LogP contribution in [0.5, 0.6) is 0 Å². The number of nitrogens with zero attached hydrogens (tertiary/aromatic N) is 3. The fraction of sp³-hybridized carbons (Fsp3) is 0.600. The maximum Gasteiger partial charge on any atom is 0.257 e. The van der Waals surface area contributed by atoms with Gasteiger partial charge in [-0.25, -0.2) is 4.98 Å². The van der Waals surface area contributed by atoms with Gasteiger partial charge in [0.2, 0.25) is 0 Å². The van der Waals surface area contributed by atoms with E-state index in [1.165, 1.54) is 0 Å². The van der Waals surface area contributed by atoms with Crippen LogP contribution in [0.15, 0.2) is 16.7 Å². The van der Waals surface area contributed by atoms with Gasteiger partial charge in [0, 0.05) is 44.4 Å². The molecule has 5 nitrogen and oxygen atoms in total. The van der Waals surface area contributed by atoms with Gasteiger partial charge < -0.3 is 15.5 Å². The Kier molecular flexibility index (Phi) is 6.61. The van der Waals surface area contributed by atoms with Crippen molar-refractivity contribution in [3.05, 3.63) is 22.3 Å². The lowest BCUT2D eigenvalue weighted by Crippen LogP contribution is -2.35. The third-order valence-electron chi connectivity index (χ3n) is 3.49. The molecule has 0 radical (unpaired) electrons. The molecule has 1 amide bonds. The van der Waals surface area contributed by atoms with Gasteiger partial charge in [-0.1, -0.05) is 13.8 Å². The molecule has 1 aromatic heterocycles. The van der Waals surface area contributed by atoms with E-state index in [0.717, 1.165) is 10.9 Å². The predicted octanol–water partition coefficient (Wildman–Crippen LogP) is 2.36. The SMILES string of the molecule is CC(C)C(N)CCN(C)C(=O)c1cc(Br)cnc1N(C)C. The number of aromatic nitrogens is 1. The Balaban J connectivity index is 2.85. The molecule has 0 saturated heterocycles. The van der Waals surface area contributed by atoms with Crippen LogP contribution >= 0.6 is 15.9 Å². The number of amides is 1. The summed E-state index contributed by atoms with van der Waals surface area (Å²) in [6.07, 6.45) is 2.49. The van der Waals surface area contributed by atoms with E-state index >= 15 is 0 Å². The Morgan fingerprint density at radius 3 is 2.52 bits per heavy atom. The van der Waals surface area contributed by atoms with E-state index in [4.69, 9.17) is 5.73 Å². The van der Waals surface area contributed by atoms with E-state index in [1.807, 2.05) is 25.1 Å². The summed E-state index contributed by atoms with van der Waals surface area (Å²) in [4.78, 5) is 20.5. The third-order valence-corrected chi connectivity index (χ3v) is 3.92. The summed E-state index contributed by atoms with van der Waals surface area (Å²) in [5, 5.41) is 0. The highest BCUT2D eigenvalue weighted by Gasteiger charge is 2.19. The second-order valence-electron chi connectivity index (χ2n) is 5.84. The summed E-state index contributed by atoms with van der Waals surface area (Å²) in [5.41, 5.74) is 6.63. The Bertz CT molecular complexity index is 491. The molecule has 0 bridgehead atoms. The third kappa shape index (κ3) is 4.97. The molecule has 0 fully saturated rings. The molecule has 0 aliphatic carbocycles. The maximum absolute atomic E-state index is 12.6. The molecule has 21 heavy (non-hydrogen) atoms. The topological polar surface area (TPSA) is 62.5 Å². The first-order valence-corrected chi connectivity index (χ1v) is 7.87. The van der Waals surface area contributed by atoms with Gasteiger partial charge in [0.05, 0.1) is 5.56 Å². The van der Waals surface area contributed by atoms with Crippen molar-refractivity contribution in [3.8, 4) is 0 Å². The molecule has 2 N–H and O–H groups in total. The molecular formula is C15H25BrN4O. The molecule has 0 aliphatic heterocycles. The van der Waals surface area contributed by atoms with Crippen molar-refractivity contribution >= 4 is 27.7 Å². The number of carbonyl (C=O) groups is 1. The molecule has 118 valence electrons. The largest absolute Gasteiger partial charge is 0.362 e. The summed E-state index contributed by atoms with van der Waals surface area (Å²) < 4.78 is 0.795. The van der Waals surface area contributed by atoms with E-state index in [2.05, 4.69) is 34.8 Å². The summed E-state index contributed by atoms with van der Waals surface area (Å²) in [7, 11) is 5.55. The zero-order valence-electron chi connectivity index (χ0n) is 13.4. The van der Waals surface area contributed by atoms with Crippen LogP contribution in [0.2, 0.25) is 0 Å². The minimum absolute atomic E-state index is 0.0385. The molecule has 1 rings (SSSR count). The van der Waals surface area contributed by atoms with E-state index in [1.54, 1.807) is 18.1 Å². The Labute approximate surface area is 135 Å². The summed E-state index contributed by atoms with van der Waals surface area (Å²) in [6.45, 7) is 4.82. The van der Waals surface area contributed by atoms with Gasteiger partial charge in [-0.3, -0.25) is 4.79 Å². The number of hydrogen-bond acceptors (Lipinski definition) is 4. The number of rotatable bonds is 6. The van der Waals surface area contributed by atoms with Crippen molar-refractivity contribution in [1.82, 2.24) is 9.88 Å². The van der Waals surface area contributed by atoms with Crippen molar-refractivity contribution in [1.29, 1.82) is 0 Å². The van der Waals surface area contributed by atoms with Crippen LogP contribution in [0.25, 0.3) is 0 Å². The Morgan fingerprint density at radius 2 is 2.00 bits per heavy atom. The lowest BCUT2D eigenvalue weighted by Gasteiger charge is -2.23. The fourth-order valence-corrected chi connectivity index (χ4v) is 2.26. The van der Waals surface area contributed by atoms with E-state index in [-0.39, 0.29) is 11.9 Å². The molecular weight excluding hydrogens is 332 g/mol. The molecule has 6 heteroatoms. The first-order valence-electron chi connectivity index (χ1n) is 7.08. The van der Waals surface area contributed by atoms with Gasteiger partial charge in [0.15, 0.2) is 0 Å². The molecule has 1 unspecified atom stereocenters. The van der Waals surface area contributed by atoms with E-state index < -0.39 is 0 Å². The number of pyridine rings is 1. The predicted molar refractivity (Wildman–Crippen MR) is 90.7 cm³/mol. The molecule has 0 aromatic carbocycles. The zero-order valence-corrected chi connectivity index (χ0v) is 15.0. The van der Waals surface area contributed by atoms with Crippen molar-refractivity contribution in [2.24, 2.45) is 11.7 Å². The van der Waals surface area contributed by atoms with Crippen LogP contribution < -0.4 is 10.6 Å². The van der Waals surface area contributed by atoms with E-state index in [9.17, 15) is 4.79 Å². The van der Waals surface area contributed by atoms with Gasteiger partial charge in [-0.2, -0.15) is 0 Å². The maximum atomic E-state index is 12.6. The lowest BCUT2D eigenvalue weighted by molar-refractivity contribution is 0.0789. The number of anilines is 1. The quantitative estimate of drug-likeness (QED) is 0.849. The van der Waals surface area contributed by atoms with Crippen molar-refractivity contribution in [2.75, 3.05) is 32.6 Å². The van der Waals surface area contributed by atoms with Crippen molar-refractivity contribution in [2.45, 2.75) is 26.3 Å². The zero-order chi connectivity index (χ0) is 16.2. The molecule has 1 atom stereocenters. The smallest absolute Gasteiger partial charge is 0.257 e. The molecule has 0 spiro atoms. The second-order valence-corrected chi connectivity index (χ2v) is 6.76. The van der Waals surface area contributed by atoms with Crippen LogP contribution in [0.4, 0.5) is 5.82 Å². The van der Waals surface area contributed by atoms with Gasteiger partial charge >= 0.3 is 0 Å². The Hall–Kier alpha value is -1.14. The van der Waals surface area contributed by atoms with Crippen molar-refractivity contribution in [3.63, 3.8) is 0 Å². The first-order chi connectivity index (χ1) is 9.73. The van der Waals surface area contributed by atoms with Crippen molar-refractivity contribution < 1.29 is 4.79 Å². The van der Waals surface area contributed by atoms with Gasteiger partial charge in [0.1, 0.15) is 5.82 Å². The monoisotopic (exact) mass is 356 g/mol. The summed E-state index contributed by atoms with van der Waals surface area (Å²) in [6, 6.07) is 1.91. The number of halogens is 1. The van der Waals surface area contributed by atoms with Gasteiger partial charge in [0.25, 0.3) is 5.91 Å². The van der Waals surface area contributed by atoms with Crippen LogP contribution in [-0.4, -0.2) is 49.5 Å². The number of hydrogen-bond donors (Lipinski definition) is 1. The van der Waals surface area contributed by atoms with Gasteiger partial charge in [-0.15, -0.1) is 0 Å². The van der Waals surface area contributed by atoms with Gasteiger partial charge in [-0.05, 0) is 34.3 Å². The van der Waals surface area contributed by atoms with Crippen LogP contribution in [0.3, 0.4) is 0 Å². The van der Waals surface area contributed by atoms with Crippen LogP contribution in [-0.2, 0) is 0 Å². The first kappa shape index (κ1) is 17.9. The minimum atomic E-state index is -0.0385. The molecule has 1 heterocycles. The summed E-state index contributed by atoms with van der Waals surface area (Å²) >= 11 is 3.37. The molecule has 0 aliphatic rings. The van der Waals surface area contributed by atoms with E-state index in [0.29, 0.717) is 23.8 Å². The number of nitrogens with two attached hydrogens (primary N) is 1. The highest BCUT2D eigenvalue weighted by atomic mass is 79.9. The standard InChI is InChI=1S/C15H25BrN4O/c1-10(2)13(17)6-7-20(5)15(21)12-8-11(16)9-18-14(12)19(3)4/h8-10,13H,6-7,17H2,1-5H3. The normalized spacial score (nSPS) is 12.4. The Morgan fingerprint density at radius 1 is 1.38 bits per heavy atom. The second kappa shape index (κ2) is 7.75. The van der Waals surface area contributed by atoms with Crippen LogP contribution in [0.1, 0.15) is 30.6 Å². The fourth-order valence-electron chi connectivity index (χ4n) is 1.93. The van der Waals surface area contributed by atoms with Crippen LogP contribution in [0, 0.1) is 5.92 Å². The molecule has 0 saturated carbocycles. The highest BCUT2D eigenvalue weighted by Crippen LogP contribution is 2.21.